The second kappa shape index (κ2) is 9.79. The average Bonchev–Trinajstić information content (AvgIpc) is 3.43. The summed E-state index contributed by atoms with van der Waals surface area (Å²) in [6.45, 7) is 1.92. The number of tetrazole rings is 1. The van der Waals surface area contributed by atoms with E-state index in [1.165, 1.54) is 6.42 Å². The minimum Gasteiger partial charge on any atom is -0.348 e. The van der Waals surface area contributed by atoms with Gasteiger partial charge in [0.15, 0.2) is 11.5 Å². The van der Waals surface area contributed by atoms with Crippen molar-refractivity contribution in [2.24, 2.45) is 7.05 Å². The topological polar surface area (TPSA) is 90.5 Å². The number of aryl methyl sites for hydroxylation is 1. The molecule has 0 unspecified atom stereocenters. The smallest absolute Gasteiger partial charge is 0.272 e. The highest BCUT2D eigenvalue weighted by molar-refractivity contribution is 6.35. The lowest BCUT2D eigenvalue weighted by Crippen LogP contribution is -2.36. The van der Waals surface area contributed by atoms with Crippen molar-refractivity contribution < 1.29 is 4.79 Å². The van der Waals surface area contributed by atoms with Crippen molar-refractivity contribution in [2.75, 3.05) is 0 Å². The fraction of sp³-hybridized carbons (Fsp3) is 0.320. The van der Waals surface area contributed by atoms with E-state index in [4.69, 9.17) is 28.3 Å². The predicted molar refractivity (Wildman–Crippen MR) is 136 cm³/mol. The van der Waals surface area contributed by atoms with Crippen LogP contribution < -0.4 is 5.32 Å². The number of nitrogens with one attached hydrogen (secondary N) is 1. The van der Waals surface area contributed by atoms with Crippen LogP contribution in [0.15, 0.2) is 42.5 Å². The summed E-state index contributed by atoms with van der Waals surface area (Å²) in [5, 5.41) is 20.6. The Kier molecular flexibility index (Phi) is 6.58. The average molecular weight is 510 g/mol. The summed E-state index contributed by atoms with van der Waals surface area (Å²) in [4.78, 5) is 13.3. The third-order valence-electron chi connectivity index (χ3n) is 6.45. The van der Waals surface area contributed by atoms with E-state index in [-0.39, 0.29) is 11.9 Å². The highest BCUT2D eigenvalue weighted by atomic mass is 35.5. The zero-order valence-electron chi connectivity index (χ0n) is 19.5. The third-order valence-corrected chi connectivity index (χ3v) is 6.99. The Labute approximate surface area is 213 Å². The molecule has 0 atom stereocenters. The molecule has 2 aromatic carbocycles. The Morgan fingerprint density at radius 3 is 2.40 bits per heavy atom. The molecule has 1 N–H and O–H groups in total. The van der Waals surface area contributed by atoms with Gasteiger partial charge in [0.25, 0.3) is 5.91 Å². The molecule has 35 heavy (non-hydrogen) atoms. The molecular weight excluding hydrogens is 485 g/mol. The summed E-state index contributed by atoms with van der Waals surface area (Å²) < 4.78 is 3.34. The number of nitrogens with zero attached hydrogens (tertiary/aromatic N) is 6. The highest BCUT2D eigenvalue weighted by Crippen LogP contribution is 2.33. The molecule has 1 amide bonds. The molecule has 4 aromatic rings. The van der Waals surface area contributed by atoms with Crippen LogP contribution in [0.2, 0.25) is 10.0 Å². The molecule has 0 aliphatic heterocycles. The predicted octanol–water partition coefficient (Wildman–Crippen LogP) is 5.41. The van der Waals surface area contributed by atoms with Gasteiger partial charge < -0.3 is 5.32 Å². The molecule has 0 bridgehead atoms. The fourth-order valence-electron chi connectivity index (χ4n) is 4.63. The van der Waals surface area contributed by atoms with Gasteiger partial charge in [0, 0.05) is 34.8 Å². The molecule has 1 aliphatic rings. The fourth-order valence-corrected chi connectivity index (χ4v) is 5.12. The van der Waals surface area contributed by atoms with E-state index >= 15 is 0 Å². The zero-order valence-corrected chi connectivity index (χ0v) is 21.0. The monoisotopic (exact) mass is 509 g/mol. The van der Waals surface area contributed by atoms with E-state index in [0.717, 1.165) is 48.1 Å². The van der Waals surface area contributed by atoms with Crippen molar-refractivity contribution in [1.29, 1.82) is 0 Å². The second-order valence-corrected chi connectivity index (χ2v) is 9.69. The van der Waals surface area contributed by atoms with Gasteiger partial charge in [0.2, 0.25) is 0 Å². The van der Waals surface area contributed by atoms with Gasteiger partial charge in [0.05, 0.1) is 16.4 Å². The van der Waals surface area contributed by atoms with Crippen molar-refractivity contribution in [3.05, 3.63) is 63.8 Å². The van der Waals surface area contributed by atoms with Crippen molar-refractivity contribution in [3.63, 3.8) is 0 Å². The second-order valence-electron chi connectivity index (χ2n) is 8.84. The number of halogens is 2. The lowest BCUT2D eigenvalue weighted by atomic mass is 9.95. The van der Waals surface area contributed by atoms with Crippen LogP contribution in [0, 0.1) is 6.92 Å². The van der Waals surface area contributed by atoms with E-state index in [2.05, 4.69) is 20.8 Å². The molecule has 1 aliphatic carbocycles. The van der Waals surface area contributed by atoms with Crippen molar-refractivity contribution >= 4 is 29.1 Å². The summed E-state index contributed by atoms with van der Waals surface area (Å²) in [6, 6.07) is 13.3. The Bertz CT molecular complexity index is 1370. The maximum atomic E-state index is 13.3. The van der Waals surface area contributed by atoms with Gasteiger partial charge >= 0.3 is 0 Å². The van der Waals surface area contributed by atoms with Gasteiger partial charge in [-0.25, -0.2) is 9.36 Å². The van der Waals surface area contributed by atoms with E-state index in [9.17, 15) is 4.79 Å². The van der Waals surface area contributed by atoms with Crippen LogP contribution in [0.25, 0.3) is 28.3 Å². The molecule has 1 saturated carbocycles. The summed E-state index contributed by atoms with van der Waals surface area (Å²) in [5.41, 5.74) is 4.36. The lowest BCUT2D eigenvalue weighted by Gasteiger charge is -2.22. The first-order valence-corrected chi connectivity index (χ1v) is 12.4. The first-order chi connectivity index (χ1) is 16.9. The molecule has 1 fully saturated rings. The maximum Gasteiger partial charge on any atom is 0.272 e. The van der Waals surface area contributed by atoms with Gasteiger partial charge in [0.1, 0.15) is 0 Å². The molecule has 2 heterocycles. The quantitative estimate of drug-likeness (QED) is 0.388. The summed E-state index contributed by atoms with van der Waals surface area (Å²) in [5.74, 6) is 0.497. The van der Waals surface area contributed by atoms with E-state index < -0.39 is 0 Å². The standard InChI is InChI=1S/C25H25Cl2N7O/c1-15-22(25(35)28-19-6-4-3-5-7-19)30-34(21-13-12-18(26)14-20(21)27)23(15)16-8-10-17(11-9-16)24-29-31-32-33(24)2/h8-14,19H,3-7H2,1-2H3,(H,28,35). The largest absolute Gasteiger partial charge is 0.348 e. The van der Waals surface area contributed by atoms with Crippen LogP contribution in [0.4, 0.5) is 0 Å². The number of aromatic nitrogens is 6. The molecule has 10 heteroatoms. The molecule has 0 saturated heterocycles. The molecular formula is C25H25Cl2N7O. The van der Waals surface area contributed by atoms with E-state index in [1.54, 1.807) is 28.5 Å². The molecule has 2 aromatic heterocycles. The Morgan fingerprint density at radius 2 is 1.74 bits per heavy atom. The van der Waals surface area contributed by atoms with Crippen molar-refractivity contribution in [3.8, 4) is 28.3 Å². The number of carbonyl (C=O) groups is 1. The lowest BCUT2D eigenvalue weighted by molar-refractivity contribution is 0.0921. The zero-order chi connectivity index (χ0) is 24.5. The van der Waals surface area contributed by atoms with Gasteiger partial charge in [-0.3, -0.25) is 4.79 Å². The number of benzene rings is 2. The van der Waals surface area contributed by atoms with Crippen molar-refractivity contribution in [1.82, 2.24) is 35.3 Å². The van der Waals surface area contributed by atoms with Crippen LogP contribution in [-0.4, -0.2) is 41.9 Å². The Hall–Kier alpha value is -3.23. The number of rotatable bonds is 5. The maximum absolute atomic E-state index is 13.3. The highest BCUT2D eigenvalue weighted by Gasteiger charge is 2.25. The first-order valence-electron chi connectivity index (χ1n) is 11.6. The first kappa shape index (κ1) is 23.5. The Morgan fingerprint density at radius 1 is 1.03 bits per heavy atom. The minimum absolute atomic E-state index is 0.165. The number of amides is 1. The van der Waals surface area contributed by atoms with E-state index in [1.807, 2.05) is 37.3 Å². The third kappa shape index (κ3) is 4.68. The van der Waals surface area contributed by atoms with Gasteiger partial charge in [-0.1, -0.05) is 66.7 Å². The van der Waals surface area contributed by atoms with E-state index in [0.29, 0.717) is 27.3 Å². The van der Waals surface area contributed by atoms with Gasteiger partial charge in [-0.15, -0.1) is 5.10 Å². The summed E-state index contributed by atoms with van der Waals surface area (Å²) in [6.07, 6.45) is 5.49. The van der Waals surface area contributed by atoms with Crippen molar-refractivity contribution in [2.45, 2.75) is 45.1 Å². The number of hydrogen-bond donors (Lipinski definition) is 1. The Balaban J connectivity index is 1.58. The van der Waals surface area contributed by atoms with Crippen LogP contribution >= 0.6 is 23.2 Å². The molecule has 8 nitrogen and oxygen atoms in total. The van der Waals surface area contributed by atoms with Crippen LogP contribution in [-0.2, 0) is 7.05 Å². The van der Waals surface area contributed by atoms with Gasteiger partial charge in [-0.05, 0) is 48.4 Å². The molecule has 180 valence electrons. The van der Waals surface area contributed by atoms with Crippen LogP contribution in [0.1, 0.15) is 48.2 Å². The number of hydrogen-bond acceptors (Lipinski definition) is 5. The normalized spacial score (nSPS) is 14.3. The SMILES string of the molecule is Cc1c(C(=O)NC2CCCCC2)nn(-c2ccc(Cl)cc2Cl)c1-c1ccc(-c2nnnn2C)cc1. The minimum atomic E-state index is -0.165. The molecule has 0 spiro atoms. The van der Waals surface area contributed by atoms with Crippen LogP contribution in [0.5, 0.6) is 0 Å². The van der Waals surface area contributed by atoms with Crippen LogP contribution in [0.3, 0.4) is 0 Å². The summed E-state index contributed by atoms with van der Waals surface area (Å²) in [7, 11) is 1.79. The molecule has 0 radical (unpaired) electrons. The summed E-state index contributed by atoms with van der Waals surface area (Å²) >= 11 is 12.7. The molecule has 5 rings (SSSR count). The van der Waals surface area contributed by atoms with Gasteiger partial charge in [-0.2, -0.15) is 5.10 Å². The number of carbonyl (C=O) groups excluding carboxylic acids is 1.